The van der Waals surface area contributed by atoms with Gasteiger partial charge in [0.15, 0.2) is 10.7 Å². The second-order valence-corrected chi connectivity index (χ2v) is 10.9. The van der Waals surface area contributed by atoms with E-state index in [0.717, 1.165) is 0 Å². The van der Waals surface area contributed by atoms with E-state index in [1.54, 1.807) is 30.3 Å². The molecule has 2 aliphatic rings. The number of phenolic OH excluding ortho intramolecular Hbond substituents is 2. The number of anilines is 2. The molecule has 10 nitrogen and oxygen atoms in total. The molecule has 39 heavy (non-hydrogen) atoms. The van der Waals surface area contributed by atoms with Gasteiger partial charge in [-0.3, -0.25) is 4.90 Å². The minimum atomic E-state index is -3.93. The Balaban J connectivity index is 1.60. The van der Waals surface area contributed by atoms with E-state index in [1.807, 2.05) is 0 Å². The van der Waals surface area contributed by atoms with Gasteiger partial charge in [-0.15, -0.1) is 0 Å². The number of primary sulfonamides is 1. The van der Waals surface area contributed by atoms with Crippen LogP contribution in [0, 0.1) is 0 Å². The van der Waals surface area contributed by atoms with E-state index >= 15 is 0 Å². The van der Waals surface area contributed by atoms with Crippen molar-refractivity contribution >= 4 is 44.7 Å². The van der Waals surface area contributed by atoms with Gasteiger partial charge in [0.05, 0.1) is 16.1 Å². The molecule has 2 heterocycles. The number of esters is 1. The van der Waals surface area contributed by atoms with Crippen molar-refractivity contribution in [3.63, 3.8) is 0 Å². The number of sulfonamides is 1. The van der Waals surface area contributed by atoms with Crippen LogP contribution in [0.15, 0.2) is 83.8 Å². The summed E-state index contributed by atoms with van der Waals surface area (Å²) in [5.41, 5.74) is 6.86. The number of phenols is 2. The number of ether oxygens (including phenoxy) is 2. The quantitative estimate of drug-likeness (QED) is 0.214. The lowest BCUT2D eigenvalue weighted by Gasteiger charge is -2.36. The van der Waals surface area contributed by atoms with E-state index < -0.39 is 21.6 Å². The third-order valence-corrected chi connectivity index (χ3v) is 7.78. The summed E-state index contributed by atoms with van der Waals surface area (Å²) in [6.07, 6.45) is 0. The lowest BCUT2D eigenvalue weighted by atomic mass is 9.77. The van der Waals surface area contributed by atoms with E-state index in [1.165, 1.54) is 53.4 Å². The molecule has 0 unspecified atom stereocenters. The van der Waals surface area contributed by atoms with Crippen molar-refractivity contribution in [2.24, 2.45) is 10.9 Å². The van der Waals surface area contributed by atoms with Crippen LogP contribution >= 0.6 is 12.2 Å². The number of thiocarbonyl (C=S) groups is 1. The highest BCUT2D eigenvalue weighted by molar-refractivity contribution is 7.89. The second kappa shape index (κ2) is 8.43. The molecule has 0 saturated heterocycles. The number of hydrogen-bond acceptors (Lipinski definition) is 8. The molecule has 1 spiro atoms. The maximum absolute atomic E-state index is 13.7. The van der Waals surface area contributed by atoms with Crippen LogP contribution in [0.25, 0.3) is 0 Å². The SMILES string of the molecule is NC(=S)N(c1ccc(S(N)(=O)=O)cc1)c1cccc2c1C(=O)OC21c2ccc(O)cc2Oc2cc(O)ccc21. The lowest BCUT2D eigenvalue weighted by molar-refractivity contribution is 0.0224. The molecular weight excluding hydrogens is 542 g/mol. The first-order valence-electron chi connectivity index (χ1n) is 11.4. The highest BCUT2D eigenvalue weighted by Crippen LogP contribution is 2.58. The number of fused-ring (bicyclic) bond motifs is 6. The predicted octanol–water partition coefficient (Wildman–Crippen LogP) is 3.69. The fraction of sp³-hybridized carbons (Fsp3) is 0.0370. The fourth-order valence-electron chi connectivity index (χ4n) is 5.09. The molecule has 0 fully saturated rings. The van der Waals surface area contributed by atoms with Crippen molar-refractivity contribution in [1.29, 1.82) is 0 Å². The topological polar surface area (TPSA) is 165 Å². The molecule has 0 aliphatic carbocycles. The Labute approximate surface area is 227 Å². The highest BCUT2D eigenvalue weighted by Gasteiger charge is 2.54. The molecule has 0 radical (unpaired) electrons. The first-order valence-corrected chi connectivity index (χ1v) is 13.4. The molecule has 12 heteroatoms. The van der Waals surface area contributed by atoms with Crippen LogP contribution < -0.4 is 20.5 Å². The molecule has 0 saturated carbocycles. The average molecular weight is 562 g/mol. The number of carbonyl (C=O) groups excluding carboxylic acids is 1. The lowest BCUT2D eigenvalue weighted by Crippen LogP contribution is -2.33. The maximum Gasteiger partial charge on any atom is 0.342 e. The number of hydrogen-bond donors (Lipinski definition) is 4. The predicted molar refractivity (Wildman–Crippen MR) is 145 cm³/mol. The number of nitrogens with zero attached hydrogens (tertiary/aromatic N) is 1. The summed E-state index contributed by atoms with van der Waals surface area (Å²) in [7, 11) is -3.93. The van der Waals surface area contributed by atoms with Crippen LogP contribution in [-0.4, -0.2) is 29.7 Å². The Hall–Kier alpha value is -4.65. The van der Waals surface area contributed by atoms with Gasteiger partial charge in [-0.1, -0.05) is 12.1 Å². The van der Waals surface area contributed by atoms with E-state index in [-0.39, 0.29) is 38.6 Å². The van der Waals surface area contributed by atoms with Gasteiger partial charge in [0.2, 0.25) is 10.0 Å². The van der Waals surface area contributed by atoms with Crippen LogP contribution in [0.2, 0.25) is 0 Å². The smallest absolute Gasteiger partial charge is 0.342 e. The summed E-state index contributed by atoms with van der Waals surface area (Å²) < 4.78 is 35.6. The standard InChI is InChI=1S/C27H19N3O7S2/c28-26(38)30(14-4-8-17(9-5-14)39(29,34)35)21-3-1-2-20-24(21)25(33)37-27(20)18-10-6-15(31)12-22(18)36-23-13-16(32)7-11-19(23)27/h1-13,31-32H,(H2,28,38)(H2,29,34,35). The van der Waals surface area contributed by atoms with Crippen LogP contribution in [0.5, 0.6) is 23.0 Å². The number of rotatable bonds is 3. The number of aromatic hydroxyl groups is 2. The molecule has 4 aromatic carbocycles. The monoisotopic (exact) mass is 561 g/mol. The summed E-state index contributed by atoms with van der Waals surface area (Å²) >= 11 is 5.33. The molecule has 0 aromatic heterocycles. The Morgan fingerprint density at radius 3 is 2.00 bits per heavy atom. The van der Waals surface area contributed by atoms with Crippen LogP contribution in [-0.2, 0) is 20.4 Å². The Bertz CT molecular complexity index is 1770. The third-order valence-electron chi connectivity index (χ3n) is 6.67. The van der Waals surface area contributed by atoms with E-state index in [9.17, 15) is 23.4 Å². The Morgan fingerprint density at radius 1 is 0.872 bits per heavy atom. The summed E-state index contributed by atoms with van der Waals surface area (Å²) in [6.45, 7) is 0. The Morgan fingerprint density at radius 2 is 1.46 bits per heavy atom. The van der Waals surface area contributed by atoms with Crippen LogP contribution in [0.1, 0.15) is 27.0 Å². The first-order chi connectivity index (χ1) is 18.5. The minimum Gasteiger partial charge on any atom is -0.508 e. The third kappa shape index (κ3) is 3.68. The highest BCUT2D eigenvalue weighted by atomic mass is 32.2. The van der Waals surface area contributed by atoms with Gasteiger partial charge in [-0.2, -0.15) is 0 Å². The second-order valence-electron chi connectivity index (χ2n) is 8.95. The minimum absolute atomic E-state index is 0.0617. The molecule has 4 aromatic rings. The largest absolute Gasteiger partial charge is 0.508 e. The molecule has 196 valence electrons. The van der Waals surface area contributed by atoms with Crippen LogP contribution in [0.4, 0.5) is 11.4 Å². The van der Waals surface area contributed by atoms with E-state index in [4.69, 9.17) is 32.6 Å². The summed E-state index contributed by atoms with van der Waals surface area (Å²) in [4.78, 5) is 15.0. The number of carbonyl (C=O) groups is 1. The molecule has 6 N–H and O–H groups in total. The molecule has 2 aliphatic heterocycles. The molecule has 0 bridgehead atoms. The average Bonchev–Trinajstić information content (AvgIpc) is 3.17. The van der Waals surface area contributed by atoms with Gasteiger partial charge in [-0.05, 0) is 66.8 Å². The van der Waals surface area contributed by atoms with Gasteiger partial charge in [0, 0.05) is 34.5 Å². The van der Waals surface area contributed by atoms with Crippen molar-refractivity contribution < 1.29 is 32.9 Å². The maximum atomic E-state index is 13.7. The fourth-order valence-corrected chi connectivity index (χ4v) is 5.80. The van der Waals surface area contributed by atoms with Crippen molar-refractivity contribution in [3.05, 3.63) is 101 Å². The normalized spacial score (nSPS) is 14.5. The summed E-state index contributed by atoms with van der Waals surface area (Å²) in [6, 6.07) is 19.5. The Kier molecular flexibility index (Phi) is 5.33. The van der Waals surface area contributed by atoms with Gasteiger partial charge in [0.1, 0.15) is 23.0 Å². The zero-order valence-corrected chi connectivity index (χ0v) is 21.5. The van der Waals surface area contributed by atoms with Crippen molar-refractivity contribution in [1.82, 2.24) is 0 Å². The molecular formula is C27H19N3O7S2. The van der Waals surface area contributed by atoms with Gasteiger partial charge < -0.3 is 25.4 Å². The van der Waals surface area contributed by atoms with E-state index in [0.29, 0.717) is 28.1 Å². The van der Waals surface area contributed by atoms with Gasteiger partial charge >= 0.3 is 5.97 Å². The van der Waals surface area contributed by atoms with Gasteiger partial charge in [0.25, 0.3) is 0 Å². The van der Waals surface area contributed by atoms with Crippen molar-refractivity contribution in [2.75, 3.05) is 4.90 Å². The van der Waals surface area contributed by atoms with Crippen LogP contribution in [0.3, 0.4) is 0 Å². The van der Waals surface area contributed by atoms with Gasteiger partial charge in [-0.25, -0.2) is 18.4 Å². The van der Waals surface area contributed by atoms with Crippen molar-refractivity contribution in [3.8, 4) is 23.0 Å². The van der Waals surface area contributed by atoms with E-state index in [2.05, 4.69) is 0 Å². The molecule has 6 rings (SSSR count). The first kappa shape index (κ1) is 24.7. The summed E-state index contributed by atoms with van der Waals surface area (Å²) in [5.74, 6) is -0.322. The van der Waals surface area contributed by atoms with Crippen molar-refractivity contribution in [2.45, 2.75) is 10.5 Å². The molecule has 0 amide bonds. The summed E-state index contributed by atoms with van der Waals surface area (Å²) in [5, 5.41) is 25.4. The number of nitrogens with two attached hydrogens (primary N) is 2. The molecule has 0 atom stereocenters. The number of benzene rings is 4. The zero-order chi connectivity index (χ0) is 27.7. The zero-order valence-electron chi connectivity index (χ0n) is 19.9.